The van der Waals surface area contributed by atoms with Crippen molar-refractivity contribution in [2.24, 2.45) is 0 Å². The van der Waals surface area contributed by atoms with Crippen LogP contribution in [-0.4, -0.2) is 5.11 Å². The maximum Gasteiger partial charge on any atom is 0.136 e. The molecule has 2 nitrogen and oxygen atoms in total. The molecule has 0 fully saturated rings. The van der Waals surface area contributed by atoms with Gasteiger partial charge >= 0.3 is 0 Å². The third-order valence-electron chi connectivity index (χ3n) is 1.65. The lowest BCUT2D eigenvalue weighted by molar-refractivity contribution is 0.464. The van der Waals surface area contributed by atoms with Gasteiger partial charge in [-0.25, -0.2) is 4.39 Å². The normalized spacial score (nSPS) is 8.50. The monoisotopic (exact) mass is 195 g/mol. The fraction of sp³-hybridized carbons (Fsp3) is 0.364. The smallest absolute Gasteiger partial charge is 0.136 e. The molecular weight excluding hydrogens is 181 g/mol. The second-order valence-corrected chi connectivity index (χ2v) is 2.43. The fourth-order valence-corrected chi connectivity index (χ4v) is 1.01. The molecule has 0 saturated heterocycles. The molecule has 0 saturated carbocycles. The average molecular weight is 195 g/mol. The van der Waals surface area contributed by atoms with Gasteiger partial charge < -0.3 is 5.11 Å². The van der Waals surface area contributed by atoms with E-state index in [0.717, 1.165) is 6.07 Å². The Hall–Kier alpha value is -1.56. The Morgan fingerprint density at radius 1 is 1.43 bits per heavy atom. The molecule has 3 heteroatoms. The topological polar surface area (TPSA) is 44.0 Å². The summed E-state index contributed by atoms with van der Waals surface area (Å²) in [6, 6.07) is 3.98. The molecule has 0 aliphatic rings. The minimum absolute atomic E-state index is 0.00755. The summed E-state index contributed by atoms with van der Waals surface area (Å²) in [6.45, 7) is 5.79. The molecule has 1 rings (SSSR count). The van der Waals surface area contributed by atoms with Crippen LogP contribution < -0.4 is 0 Å². The first kappa shape index (κ1) is 12.4. The van der Waals surface area contributed by atoms with Crippen molar-refractivity contribution in [1.82, 2.24) is 0 Å². The lowest BCUT2D eigenvalue weighted by Crippen LogP contribution is -1.88. The van der Waals surface area contributed by atoms with Crippen LogP contribution in [0.3, 0.4) is 0 Å². The SMILES string of the molecule is CC.CCc1cc(F)cc(C#N)c1O. The first-order valence-corrected chi connectivity index (χ1v) is 4.60. The molecule has 0 atom stereocenters. The minimum atomic E-state index is -0.485. The van der Waals surface area contributed by atoms with Gasteiger partial charge in [0.05, 0.1) is 5.56 Å². The van der Waals surface area contributed by atoms with E-state index in [1.54, 1.807) is 13.0 Å². The third-order valence-corrected chi connectivity index (χ3v) is 1.65. The Morgan fingerprint density at radius 3 is 2.43 bits per heavy atom. The highest BCUT2D eigenvalue weighted by Crippen LogP contribution is 2.23. The summed E-state index contributed by atoms with van der Waals surface area (Å²) in [7, 11) is 0. The van der Waals surface area contributed by atoms with Crippen LogP contribution in [-0.2, 0) is 6.42 Å². The number of aryl methyl sites for hydroxylation is 1. The molecule has 0 unspecified atom stereocenters. The van der Waals surface area contributed by atoms with Crippen molar-refractivity contribution in [2.75, 3.05) is 0 Å². The highest BCUT2D eigenvalue weighted by molar-refractivity contribution is 5.47. The van der Waals surface area contributed by atoms with Gasteiger partial charge in [0, 0.05) is 0 Å². The number of phenolic OH excluding ortho intramolecular Hbond substituents is 1. The van der Waals surface area contributed by atoms with Gasteiger partial charge in [-0.05, 0) is 24.1 Å². The second-order valence-electron chi connectivity index (χ2n) is 2.43. The molecule has 14 heavy (non-hydrogen) atoms. The second kappa shape index (κ2) is 5.98. The van der Waals surface area contributed by atoms with Gasteiger partial charge in [-0.1, -0.05) is 20.8 Å². The predicted octanol–water partition coefficient (Wildman–Crippen LogP) is 2.99. The molecule has 0 spiro atoms. The van der Waals surface area contributed by atoms with Crippen LogP contribution in [0.15, 0.2) is 12.1 Å². The van der Waals surface area contributed by atoms with Crippen molar-refractivity contribution in [1.29, 1.82) is 5.26 Å². The zero-order valence-corrected chi connectivity index (χ0v) is 8.63. The van der Waals surface area contributed by atoms with Gasteiger partial charge in [0.25, 0.3) is 0 Å². The van der Waals surface area contributed by atoms with Crippen molar-refractivity contribution in [3.8, 4) is 11.8 Å². The van der Waals surface area contributed by atoms with Crippen LogP contribution >= 0.6 is 0 Å². The van der Waals surface area contributed by atoms with Crippen molar-refractivity contribution < 1.29 is 9.50 Å². The van der Waals surface area contributed by atoms with E-state index in [-0.39, 0.29) is 11.3 Å². The summed E-state index contributed by atoms with van der Waals surface area (Å²) < 4.78 is 12.7. The fourth-order valence-electron chi connectivity index (χ4n) is 1.01. The molecule has 0 heterocycles. The Kier molecular flexibility index (Phi) is 5.31. The maximum absolute atomic E-state index is 12.7. The Balaban J connectivity index is 0.000000791. The predicted molar refractivity (Wildman–Crippen MR) is 53.5 cm³/mol. The van der Waals surface area contributed by atoms with E-state index in [1.807, 2.05) is 13.8 Å². The molecule has 0 aromatic heterocycles. The molecule has 0 aliphatic heterocycles. The molecule has 0 aliphatic carbocycles. The first-order chi connectivity index (χ1) is 6.69. The molecule has 1 aromatic carbocycles. The Labute approximate surface area is 83.6 Å². The van der Waals surface area contributed by atoms with Gasteiger partial charge in [-0.2, -0.15) is 5.26 Å². The van der Waals surface area contributed by atoms with Crippen LogP contribution in [0.4, 0.5) is 4.39 Å². The van der Waals surface area contributed by atoms with Crippen LogP contribution in [0.5, 0.6) is 5.75 Å². The average Bonchev–Trinajstić information content (AvgIpc) is 2.23. The molecule has 0 amide bonds. The molecule has 1 aromatic rings. The van der Waals surface area contributed by atoms with Crippen molar-refractivity contribution >= 4 is 0 Å². The van der Waals surface area contributed by atoms with E-state index in [0.29, 0.717) is 12.0 Å². The van der Waals surface area contributed by atoms with Crippen LogP contribution in [0.1, 0.15) is 31.9 Å². The summed E-state index contributed by atoms with van der Waals surface area (Å²) in [6.07, 6.45) is 0.512. The molecule has 0 radical (unpaired) electrons. The van der Waals surface area contributed by atoms with Crippen LogP contribution in [0.25, 0.3) is 0 Å². The number of phenols is 1. The van der Waals surface area contributed by atoms with Gasteiger partial charge in [0.2, 0.25) is 0 Å². The standard InChI is InChI=1S/C9H8FNO.C2H6/c1-2-6-3-8(10)4-7(5-11)9(6)12;1-2/h3-4,12H,2H2,1H3;1-2H3. The molecule has 0 bridgehead atoms. The van der Waals surface area contributed by atoms with E-state index in [2.05, 4.69) is 0 Å². The van der Waals surface area contributed by atoms with E-state index >= 15 is 0 Å². The van der Waals surface area contributed by atoms with E-state index in [9.17, 15) is 9.50 Å². The minimum Gasteiger partial charge on any atom is -0.506 e. The zero-order chi connectivity index (χ0) is 11.1. The van der Waals surface area contributed by atoms with Crippen LogP contribution in [0, 0.1) is 17.1 Å². The molecular formula is C11H14FNO. The number of hydrogen-bond acceptors (Lipinski definition) is 2. The van der Waals surface area contributed by atoms with E-state index in [4.69, 9.17) is 5.26 Å². The van der Waals surface area contributed by atoms with Crippen molar-refractivity contribution in [3.05, 3.63) is 29.1 Å². The summed E-state index contributed by atoms with van der Waals surface area (Å²) in [5.41, 5.74) is 0.457. The molecule has 1 N–H and O–H groups in total. The highest BCUT2D eigenvalue weighted by Gasteiger charge is 2.07. The number of nitriles is 1. The van der Waals surface area contributed by atoms with Crippen molar-refractivity contribution in [2.45, 2.75) is 27.2 Å². The van der Waals surface area contributed by atoms with Crippen LogP contribution in [0.2, 0.25) is 0 Å². The van der Waals surface area contributed by atoms with E-state index in [1.165, 1.54) is 6.07 Å². The number of nitrogens with zero attached hydrogens (tertiary/aromatic N) is 1. The summed E-state index contributed by atoms with van der Waals surface area (Å²) in [5.74, 6) is -0.595. The summed E-state index contributed by atoms with van der Waals surface area (Å²) in [4.78, 5) is 0. The van der Waals surface area contributed by atoms with E-state index < -0.39 is 5.82 Å². The Morgan fingerprint density at radius 2 is 2.00 bits per heavy atom. The largest absolute Gasteiger partial charge is 0.506 e. The van der Waals surface area contributed by atoms with Gasteiger partial charge in [0.1, 0.15) is 17.6 Å². The third kappa shape index (κ3) is 2.74. The number of aromatic hydroxyl groups is 1. The lowest BCUT2D eigenvalue weighted by atomic mass is 10.1. The van der Waals surface area contributed by atoms with Gasteiger partial charge in [0.15, 0.2) is 0 Å². The lowest BCUT2D eigenvalue weighted by Gasteiger charge is -2.02. The summed E-state index contributed by atoms with van der Waals surface area (Å²) in [5, 5.41) is 17.8. The maximum atomic E-state index is 12.7. The summed E-state index contributed by atoms with van der Waals surface area (Å²) >= 11 is 0. The number of rotatable bonds is 1. The number of hydrogen-bond donors (Lipinski definition) is 1. The number of halogens is 1. The highest BCUT2D eigenvalue weighted by atomic mass is 19.1. The Bertz CT molecular complexity index is 342. The first-order valence-electron chi connectivity index (χ1n) is 4.60. The zero-order valence-electron chi connectivity index (χ0n) is 8.63. The quantitative estimate of drug-likeness (QED) is 0.748. The van der Waals surface area contributed by atoms with Gasteiger partial charge in [-0.3, -0.25) is 0 Å². The molecule has 76 valence electrons. The van der Waals surface area contributed by atoms with Crippen molar-refractivity contribution in [3.63, 3.8) is 0 Å². The number of benzene rings is 1. The van der Waals surface area contributed by atoms with Gasteiger partial charge in [-0.15, -0.1) is 0 Å².